The summed E-state index contributed by atoms with van der Waals surface area (Å²) in [5.41, 5.74) is 3.19. The molecule has 0 unspecified atom stereocenters. The van der Waals surface area contributed by atoms with Gasteiger partial charge in [-0.15, -0.1) is 15.3 Å². The van der Waals surface area contributed by atoms with Gasteiger partial charge in [0.15, 0.2) is 11.5 Å². The van der Waals surface area contributed by atoms with Crippen molar-refractivity contribution >= 4 is 17.2 Å². The Morgan fingerprint density at radius 1 is 1.24 bits per heavy atom. The lowest BCUT2D eigenvalue weighted by atomic mass is 10.2. The third-order valence-electron chi connectivity index (χ3n) is 4.09. The normalized spacial score (nSPS) is 11.0. The third kappa shape index (κ3) is 3.44. The molecule has 0 fully saturated rings. The van der Waals surface area contributed by atoms with Crippen molar-refractivity contribution in [1.29, 1.82) is 0 Å². The Hall–Kier alpha value is -2.97. The number of hydrogen-bond acceptors (Lipinski definition) is 6. The topological polar surface area (TPSA) is 99.2 Å². The first-order valence-corrected chi connectivity index (χ1v) is 8.05. The summed E-state index contributed by atoms with van der Waals surface area (Å²) in [5, 5.41) is 19.7. The van der Waals surface area contributed by atoms with Gasteiger partial charge >= 0.3 is 0 Å². The smallest absolute Gasteiger partial charge is 0.231 e. The molecule has 0 spiro atoms. The van der Waals surface area contributed by atoms with E-state index in [9.17, 15) is 4.79 Å². The number of fused-ring (bicyclic) bond motifs is 1. The number of methoxy groups -OCH3 is 1. The van der Waals surface area contributed by atoms with Crippen molar-refractivity contribution in [1.82, 2.24) is 29.6 Å². The van der Waals surface area contributed by atoms with Gasteiger partial charge in [0, 0.05) is 26.0 Å². The lowest BCUT2D eigenvalue weighted by Gasteiger charge is -2.05. The zero-order chi connectivity index (χ0) is 18.0. The molecular weight excluding hydrogens is 322 g/mol. The molecular formula is C16H21N7O2. The van der Waals surface area contributed by atoms with E-state index in [2.05, 4.69) is 25.7 Å². The molecule has 1 amide bonds. The van der Waals surface area contributed by atoms with Crippen molar-refractivity contribution in [2.45, 2.75) is 33.1 Å². The standard InChI is InChI=1S/C16H21N7O2/c1-10-16(11(2)22(3)20-10)17-14(24)7-5-6-12-18-19-13-8-9-15(25-4)21-23(12)13/h8-9H,5-7H2,1-4H3,(H,17,24). The molecule has 9 nitrogen and oxygen atoms in total. The van der Waals surface area contributed by atoms with Gasteiger partial charge in [0.2, 0.25) is 11.8 Å². The van der Waals surface area contributed by atoms with Crippen LogP contribution >= 0.6 is 0 Å². The van der Waals surface area contributed by atoms with Crippen LogP contribution in [0.5, 0.6) is 5.88 Å². The second-order valence-electron chi connectivity index (χ2n) is 5.83. The Labute approximate surface area is 145 Å². The summed E-state index contributed by atoms with van der Waals surface area (Å²) in [6, 6.07) is 3.53. The molecule has 0 aliphatic carbocycles. The van der Waals surface area contributed by atoms with Crippen molar-refractivity contribution in [3.63, 3.8) is 0 Å². The van der Waals surface area contributed by atoms with E-state index in [1.807, 2.05) is 20.9 Å². The van der Waals surface area contributed by atoms with Gasteiger partial charge in [-0.05, 0) is 26.3 Å². The quantitative estimate of drug-likeness (QED) is 0.727. The maximum atomic E-state index is 12.2. The first kappa shape index (κ1) is 16.9. The number of nitrogens with one attached hydrogen (secondary N) is 1. The molecule has 25 heavy (non-hydrogen) atoms. The summed E-state index contributed by atoms with van der Waals surface area (Å²) in [5.74, 6) is 1.16. The lowest BCUT2D eigenvalue weighted by molar-refractivity contribution is -0.116. The van der Waals surface area contributed by atoms with Gasteiger partial charge in [0.25, 0.3) is 0 Å². The van der Waals surface area contributed by atoms with Crippen LogP contribution in [0.1, 0.15) is 30.1 Å². The Balaban J connectivity index is 1.60. The van der Waals surface area contributed by atoms with Crippen LogP contribution in [0.3, 0.4) is 0 Å². The van der Waals surface area contributed by atoms with Crippen molar-refractivity contribution in [2.75, 3.05) is 12.4 Å². The zero-order valence-corrected chi connectivity index (χ0v) is 14.8. The highest BCUT2D eigenvalue weighted by Crippen LogP contribution is 2.19. The summed E-state index contributed by atoms with van der Waals surface area (Å²) in [7, 11) is 3.42. The summed E-state index contributed by atoms with van der Waals surface area (Å²) >= 11 is 0. The van der Waals surface area contributed by atoms with Crippen LogP contribution in [0.2, 0.25) is 0 Å². The molecule has 0 bridgehead atoms. The van der Waals surface area contributed by atoms with Crippen molar-refractivity contribution in [2.24, 2.45) is 7.05 Å². The highest BCUT2D eigenvalue weighted by Gasteiger charge is 2.13. The number of ether oxygens (including phenoxy) is 1. The summed E-state index contributed by atoms with van der Waals surface area (Å²) < 4.78 is 8.52. The number of anilines is 1. The van der Waals surface area contributed by atoms with Crippen LogP contribution in [0.4, 0.5) is 5.69 Å². The van der Waals surface area contributed by atoms with Gasteiger partial charge in [-0.1, -0.05) is 0 Å². The zero-order valence-electron chi connectivity index (χ0n) is 14.8. The van der Waals surface area contributed by atoms with Crippen LogP contribution in [-0.4, -0.2) is 42.6 Å². The monoisotopic (exact) mass is 343 g/mol. The first-order chi connectivity index (χ1) is 12.0. The maximum Gasteiger partial charge on any atom is 0.231 e. The second-order valence-corrected chi connectivity index (χ2v) is 5.83. The summed E-state index contributed by atoms with van der Waals surface area (Å²) in [6.45, 7) is 3.81. The van der Waals surface area contributed by atoms with Crippen LogP contribution in [-0.2, 0) is 18.3 Å². The second kappa shape index (κ2) is 6.88. The first-order valence-electron chi connectivity index (χ1n) is 8.05. The SMILES string of the molecule is COc1ccc2nnc(CCCC(=O)Nc3c(C)nn(C)c3C)n2n1. The predicted molar refractivity (Wildman–Crippen MR) is 91.6 cm³/mol. The van der Waals surface area contributed by atoms with Gasteiger partial charge in [0.05, 0.1) is 24.2 Å². The fourth-order valence-electron chi connectivity index (χ4n) is 2.64. The van der Waals surface area contributed by atoms with Gasteiger partial charge < -0.3 is 10.1 Å². The Morgan fingerprint density at radius 2 is 2.04 bits per heavy atom. The molecule has 0 aliphatic rings. The molecule has 3 aromatic rings. The van der Waals surface area contributed by atoms with Gasteiger partial charge in [0.1, 0.15) is 0 Å². The van der Waals surface area contributed by atoms with Crippen LogP contribution < -0.4 is 10.1 Å². The van der Waals surface area contributed by atoms with Gasteiger partial charge in [-0.25, -0.2) is 0 Å². The Bertz CT molecular complexity index is 913. The van der Waals surface area contributed by atoms with Gasteiger partial charge in [-0.2, -0.15) is 9.61 Å². The third-order valence-corrected chi connectivity index (χ3v) is 4.09. The minimum Gasteiger partial charge on any atom is -0.480 e. The van der Waals surface area contributed by atoms with E-state index in [4.69, 9.17) is 4.74 Å². The van der Waals surface area contributed by atoms with E-state index in [1.165, 1.54) is 0 Å². The number of aromatic nitrogens is 6. The van der Waals surface area contributed by atoms with E-state index >= 15 is 0 Å². The minimum atomic E-state index is -0.0430. The van der Waals surface area contributed by atoms with E-state index in [1.54, 1.807) is 28.4 Å². The number of nitrogens with zero attached hydrogens (tertiary/aromatic N) is 6. The largest absolute Gasteiger partial charge is 0.480 e. The number of amides is 1. The molecule has 0 aromatic carbocycles. The van der Waals surface area contributed by atoms with Crippen LogP contribution in [0.15, 0.2) is 12.1 Å². The van der Waals surface area contributed by atoms with Crippen LogP contribution in [0.25, 0.3) is 5.65 Å². The Kier molecular flexibility index (Phi) is 4.64. The molecule has 0 atom stereocenters. The number of carbonyl (C=O) groups is 1. The maximum absolute atomic E-state index is 12.2. The van der Waals surface area contributed by atoms with Crippen molar-refractivity contribution < 1.29 is 9.53 Å². The van der Waals surface area contributed by atoms with E-state index in [0.29, 0.717) is 36.6 Å². The van der Waals surface area contributed by atoms with Crippen LogP contribution in [0, 0.1) is 13.8 Å². The number of hydrogen-bond donors (Lipinski definition) is 1. The van der Waals surface area contributed by atoms with Crippen molar-refractivity contribution in [3.05, 3.63) is 29.3 Å². The van der Waals surface area contributed by atoms with E-state index in [-0.39, 0.29) is 5.91 Å². The molecule has 9 heteroatoms. The lowest BCUT2D eigenvalue weighted by Crippen LogP contribution is -2.13. The summed E-state index contributed by atoms with van der Waals surface area (Å²) in [6.07, 6.45) is 1.62. The number of rotatable bonds is 6. The highest BCUT2D eigenvalue weighted by molar-refractivity contribution is 5.91. The molecule has 3 heterocycles. The highest BCUT2D eigenvalue weighted by atomic mass is 16.5. The predicted octanol–water partition coefficient (Wildman–Crippen LogP) is 1.44. The summed E-state index contributed by atoms with van der Waals surface area (Å²) in [4.78, 5) is 12.2. The van der Waals surface area contributed by atoms with E-state index < -0.39 is 0 Å². The van der Waals surface area contributed by atoms with Crippen molar-refractivity contribution in [3.8, 4) is 5.88 Å². The fraction of sp³-hybridized carbons (Fsp3) is 0.438. The van der Waals surface area contributed by atoms with Gasteiger partial charge in [-0.3, -0.25) is 9.48 Å². The molecule has 3 aromatic heterocycles. The molecule has 0 aliphatic heterocycles. The molecule has 1 N–H and O–H groups in total. The fourth-order valence-corrected chi connectivity index (χ4v) is 2.64. The molecule has 0 radical (unpaired) electrons. The Morgan fingerprint density at radius 3 is 2.72 bits per heavy atom. The van der Waals surface area contributed by atoms with E-state index in [0.717, 1.165) is 17.1 Å². The number of carbonyl (C=O) groups excluding carboxylic acids is 1. The number of aryl methyl sites for hydroxylation is 3. The average Bonchev–Trinajstić information content (AvgIpc) is 3.10. The minimum absolute atomic E-state index is 0.0430. The molecule has 0 saturated carbocycles. The molecule has 0 saturated heterocycles. The average molecular weight is 343 g/mol. The molecule has 132 valence electrons. The molecule has 3 rings (SSSR count).